The van der Waals surface area contributed by atoms with Crippen molar-refractivity contribution in [3.8, 4) is 11.6 Å². The molecule has 6 nitrogen and oxygen atoms in total. The summed E-state index contributed by atoms with van der Waals surface area (Å²) in [7, 11) is 0. The van der Waals surface area contributed by atoms with Gasteiger partial charge in [0, 0.05) is 12.0 Å². The van der Waals surface area contributed by atoms with E-state index in [1.807, 2.05) is 0 Å². The molecular formula is C9H10N4O2S. The Labute approximate surface area is 95.4 Å². The van der Waals surface area contributed by atoms with Crippen LogP contribution in [0.5, 0.6) is 0 Å². The van der Waals surface area contributed by atoms with E-state index in [0.29, 0.717) is 22.5 Å². The molecule has 0 radical (unpaired) electrons. The van der Waals surface area contributed by atoms with Crippen molar-refractivity contribution in [2.45, 2.75) is 18.9 Å². The summed E-state index contributed by atoms with van der Waals surface area (Å²) in [5.74, 6) is 0.998. The maximum Gasteiger partial charge on any atom is 0.277 e. The topological polar surface area (TPSA) is 87.1 Å². The van der Waals surface area contributed by atoms with Gasteiger partial charge in [-0.2, -0.15) is 4.98 Å². The Hall–Kier alpha value is -1.47. The Bertz CT molecular complexity index is 489. The van der Waals surface area contributed by atoms with Gasteiger partial charge in [-0.05, 0) is 12.8 Å². The first-order valence-electron chi connectivity index (χ1n) is 4.99. The Morgan fingerprint density at radius 1 is 1.44 bits per heavy atom. The van der Waals surface area contributed by atoms with Gasteiger partial charge in [0.25, 0.3) is 5.89 Å². The fraction of sp³-hybridized carbons (Fsp3) is 0.444. The van der Waals surface area contributed by atoms with Crippen molar-refractivity contribution in [3.05, 3.63) is 11.2 Å². The third-order valence-electron chi connectivity index (χ3n) is 2.40. The summed E-state index contributed by atoms with van der Waals surface area (Å²) < 4.78 is 10.6. The van der Waals surface area contributed by atoms with Gasteiger partial charge in [0.1, 0.15) is 11.8 Å². The van der Waals surface area contributed by atoms with Crippen LogP contribution in [0.2, 0.25) is 0 Å². The van der Waals surface area contributed by atoms with Crippen LogP contribution < -0.4 is 5.73 Å². The van der Waals surface area contributed by atoms with E-state index in [9.17, 15) is 0 Å². The van der Waals surface area contributed by atoms with Gasteiger partial charge in [0.2, 0.25) is 5.82 Å². The summed E-state index contributed by atoms with van der Waals surface area (Å²) in [5.41, 5.74) is 6.16. The number of hydrogen-bond donors (Lipinski definition) is 1. The van der Waals surface area contributed by atoms with E-state index in [0.717, 1.165) is 19.4 Å². The molecule has 0 aliphatic carbocycles. The molecule has 1 fully saturated rings. The molecule has 1 atom stereocenters. The lowest BCUT2D eigenvalue weighted by Crippen LogP contribution is -1.97. The van der Waals surface area contributed by atoms with Crippen LogP contribution in [0.3, 0.4) is 0 Å². The summed E-state index contributed by atoms with van der Waals surface area (Å²) in [6, 6.07) is 0. The number of aromatic nitrogens is 3. The Kier molecular flexibility index (Phi) is 2.33. The van der Waals surface area contributed by atoms with Gasteiger partial charge in [-0.1, -0.05) is 5.16 Å². The van der Waals surface area contributed by atoms with Crippen molar-refractivity contribution in [2.75, 3.05) is 12.3 Å². The van der Waals surface area contributed by atoms with E-state index in [1.54, 1.807) is 5.38 Å². The molecule has 0 bridgehead atoms. The highest BCUT2D eigenvalue weighted by Crippen LogP contribution is 2.28. The van der Waals surface area contributed by atoms with Crippen LogP contribution in [0.1, 0.15) is 24.8 Å². The van der Waals surface area contributed by atoms with Gasteiger partial charge in [-0.3, -0.25) is 0 Å². The largest absolute Gasteiger partial charge is 0.375 e. The first kappa shape index (κ1) is 9.73. The van der Waals surface area contributed by atoms with Crippen LogP contribution in [-0.2, 0) is 4.74 Å². The summed E-state index contributed by atoms with van der Waals surface area (Å²) in [5, 5.41) is 6.18. The predicted octanol–water partition coefficient (Wildman–Crippen LogP) is 1.63. The number of thiazole rings is 1. The van der Waals surface area contributed by atoms with E-state index < -0.39 is 0 Å². The van der Waals surface area contributed by atoms with Crippen molar-refractivity contribution in [2.24, 2.45) is 0 Å². The van der Waals surface area contributed by atoms with Crippen molar-refractivity contribution < 1.29 is 9.26 Å². The molecular weight excluding hydrogens is 228 g/mol. The van der Waals surface area contributed by atoms with E-state index in [4.69, 9.17) is 15.0 Å². The minimum Gasteiger partial charge on any atom is -0.375 e. The summed E-state index contributed by atoms with van der Waals surface area (Å²) in [4.78, 5) is 8.34. The summed E-state index contributed by atoms with van der Waals surface area (Å²) in [6.07, 6.45) is 1.95. The first-order chi connectivity index (χ1) is 7.83. The molecule has 1 aliphatic rings. The monoisotopic (exact) mass is 238 g/mol. The molecule has 16 heavy (non-hydrogen) atoms. The molecule has 1 aliphatic heterocycles. The molecule has 0 spiro atoms. The number of nitrogens with zero attached hydrogens (tertiary/aromatic N) is 3. The van der Waals surface area contributed by atoms with Gasteiger partial charge < -0.3 is 15.0 Å². The maximum atomic E-state index is 5.54. The van der Waals surface area contributed by atoms with Crippen LogP contribution in [0.25, 0.3) is 11.6 Å². The molecule has 2 N–H and O–H groups in total. The Balaban J connectivity index is 1.87. The predicted molar refractivity (Wildman–Crippen MR) is 57.7 cm³/mol. The highest BCUT2D eigenvalue weighted by Gasteiger charge is 2.24. The molecule has 84 valence electrons. The third-order valence-corrected chi connectivity index (χ3v) is 3.07. The van der Waals surface area contributed by atoms with Crippen molar-refractivity contribution >= 4 is 16.5 Å². The Morgan fingerprint density at radius 3 is 3.06 bits per heavy atom. The quantitative estimate of drug-likeness (QED) is 0.855. The fourth-order valence-corrected chi connectivity index (χ4v) is 2.17. The maximum absolute atomic E-state index is 5.54. The number of hydrogen-bond acceptors (Lipinski definition) is 7. The van der Waals surface area contributed by atoms with E-state index in [1.165, 1.54) is 11.3 Å². The molecule has 2 aromatic heterocycles. The van der Waals surface area contributed by atoms with Crippen molar-refractivity contribution in [3.63, 3.8) is 0 Å². The van der Waals surface area contributed by atoms with Gasteiger partial charge >= 0.3 is 0 Å². The summed E-state index contributed by atoms with van der Waals surface area (Å²) >= 11 is 1.35. The lowest BCUT2D eigenvalue weighted by Gasteiger charge is -2.00. The van der Waals surface area contributed by atoms with Crippen LogP contribution in [0.4, 0.5) is 5.13 Å². The van der Waals surface area contributed by atoms with Crippen molar-refractivity contribution in [1.82, 2.24) is 15.1 Å². The van der Waals surface area contributed by atoms with Crippen LogP contribution in [0.15, 0.2) is 9.90 Å². The first-order valence-corrected chi connectivity index (χ1v) is 5.87. The minimum absolute atomic E-state index is 0.0338. The number of nitrogens with two attached hydrogens (primary N) is 1. The Morgan fingerprint density at radius 2 is 2.38 bits per heavy atom. The number of rotatable bonds is 2. The van der Waals surface area contributed by atoms with E-state index >= 15 is 0 Å². The van der Waals surface area contributed by atoms with Crippen LogP contribution in [-0.4, -0.2) is 21.7 Å². The molecule has 0 saturated carbocycles. The zero-order chi connectivity index (χ0) is 11.0. The van der Waals surface area contributed by atoms with Crippen LogP contribution in [0, 0.1) is 0 Å². The van der Waals surface area contributed by atoms with Gasteiger partial charge in [-0.25, -0.2) is 4.98 Å². The number of anilines is 1. The number of ether oxygens (including phenoxy) is 1. The molecule has 0 aromatic carbocycles. The zero-order valence-electron chi connectivity index (χ0n) is 8.42. The lowest BCUT2D eigenvalue weighted by molar-refractivity contribution is 0.103. The van der Waals surface area contributed by atoms with Gasteiger partial charge in [0.15, 0.2) is 5.13 Å². The SMILES string of the molecule is Nc1nc(-c2nc(C3CCCO3)no2)cs1. The second-order valence-corrected chi connectivity index (χ2v) is 4.42. The minimum atomic E-state index is -0.0338. The lowest BCUT2D eigenvalue weighted by atomic mass is 10.2. The van der Waals surface area contributed by atoms with E-state index in [2.05, 4.69) is 15.1 Å². The molecule has 7 heteroatoms. The molecule has 3 rings (SSSR count). The standard InChI is InChI=1S/C9H10N4O2S/c10-9-11-5(4-16-9)8-12-7(13-15-8)6-2-1-3-14-6/h4,6H,1-3H2,(H2,10,11). The second kappa shape index (κ2) is 3.84. The average molecular weight is 238 g/mol. The second-order valence-electron chi connectivity index (χ2n) is 3.53. The fourth-order valence-electron chi connectivity index (χ4n) is 1.64. The zero-order valence-corrected chi connectivity index (χ0v) is 9.24. The van der Waals surface area contributed by atoms with Gasteiger partial charge in [0.05, 0.1) is 0 Å². The molecule has 2 aromatic rings. The smallest absolute Gasteiger partial charge is 0.277 e. The molecule has 1 unspecified atom stereocenters. The molecule has 0 amide bonds. The third kappa shape index (κ3) is 1.68. The van der Waals surface area contributed by atoms with Crippen molar-refractivity contribution in [1.29, 1.82) is 0 Å². The normalized spacial score (nSPS) is 20.4. The summed E-state index contributed by atoms with van der Waals surface area (Å²) in [6.45, 7) is 0.762. The average Bonchev–Trinajstić information content (AvgIpc) is 2.97. The molecule has 1 saturated heterocycles. The van der Waals surface area contributed by atoms with E-state index in [-0.39, 0.29) is 6.10 Å². The van der Waals surface area contributed by atoms with Gasteiger partial charge in [-0.15, -0.1) is 11.3 Å². The highest BCUT2D eigenvalue weighted by molar-refractivity contribution is 7.13. The highest BCUT2D eigenvalue weighted by atomic mass is 32.1. The molecule has 3 heterocycles. The van der Waals surface area contributed by atoms with Crippen LogP contribution >= 0.6 is 11.3 Å². The number of nitrogen functional groups attached to an aromatic ring is 1.